The average molecular weight is 377 g/mol. The van der Waals surface area contributed by atoms with Crippen LogP contribution in [0, 0.1) is 0 Å². The van der Waals surface area contributed by atoms with Gasteiger partial charge in [0.25, 0.3) is 0 Å². The zero-order valence-electron chi connectivity index (χ0n) is 15.7. The minimum atomic E-state index is -0.479. The van der Waals surface area contributed by atoms with Crippen LogP contribution in [0.4, 0.5) is 0 Å². The minimum Gasteiger partial charge on any atom is -0.497 e. The maximum atomic E-state index is 12.4. The van der Waals surface area contributed by atoms with E-state index in [4.69, 9.17) is 19.9 Å². The first-order chi connectivity index (χ1) is 13.7. The molecule has 1 aliphatic rings. The number of methoxy groups -OCH3 is 1. The third-order valence-corrected chi connectivity index (χ3v) is 5.01. The predicted molar refractivity (Wildman–Crippen MR) is 107 cm³/mol. The van der Waals surface area contributed by atoms with Crippen molar-refractivity contribution in [3.8, 4) is 5.75 Å². The van der Waals surface area contributed by atoms with Gasteiger partial charge in [-0.2, -0.15) is 0 Å². The fraction of sp³-hybridized carbons (Fsp3) is 0.261. The van der Waals surface area contributed by atoms with Crippen molar-refractivity contribution in [1.82, 2.24) is 0 Å². The number of hydrogen-bond donors (Lipinski definition) is 1. The zero-order valence-corrected chi connectivity index (χ0v) is 15.7. The smallest absolute Gasteiger partial charge is 0.309 e. The van der Waals surface area contributed by atoms with E-state index in [9.17, 15) is 4.79 Å². The highest BCUT2D eigenvalue weighted by atomic mass is 16.6. The molecule has 0 saturated carbocycles. The van der Waals surface area contributed by atoms with Crippen LogP contribution in [0.1, 0.15) is 29.8 Å². The molecule has 144 valence electrons. The zero-order chi connectivity index (χ0) is 19.5. The van der Waals surface area contributed by atoms with Gasteiger partial charge < -0.3 is 19.9 Å². The van der Waals surface area contributed by atoms with Crippen molar-refractivity contribution in [3.05, 3.63) is 77.9 Å². The highest BCUT2D eigenvalue weighted by Gasteiger charge is 2.42. The molecule has 3 atom stereocenters. The lowest BCUT2D eigenvalue weighted by Gasteiger charge is -2.17. The molecule has 3 aromatic rings. The molecule has 1 aliphatic heterocycles. The van der Waals surface area contributed by atoms with Crippen molar-refractivity contribution in [2.24, 2.45) is 5.73 Å². The molecule has 28 heavy (non-hydrogen) atoms. The Morgan fingerprint density at radius 2 is 1.82 bits per heavy atom. The molecule has 0 aromatic heterocycles. The number of esters is 1. The number of fused-ring (bicyclic) bond motifs is 1. The Labute approximate surface area is 164 Å². The van der Waals surface area contributed by atoms with Gasteiger partial charge in [-0.3, -0.25) is 4.79 Å². The van der Waals surface area contributed by atoms with Gasteiger partial charge in [0.2, 0.25) is 0 Å². The van der Waals surface area contributed by atoms with Gasteiger partial charge in [-0.25, -0.2) is 0 Å². The third kappa shape index (κ3) is 4.01. The number of carbonyl (C=O) groups is 1. The quantitative estimate of drug-likeness (QED) is 0.499. The minimum absolute atomic E-state index is 0.0271. The molecule has 4 rings (SSSR count). The van der Waals surface area contributed by atoms with E-state index in [2.05, 4.69) is 0 Å². The maximum Gasteiger partial charge on any atom is 0.309 e. The molecule has 1 heterocycles. The van der Waals surface area contributed by atoms with Crippen LogP contribution < -0.4 is 10.5 Å². The van der Waals surface area contributed by atoms with Crippen molar-refractivity contribution in [3.63, 3.8) is 0 Å². The summed E-state index contributed by atoms with van der Waals surface area (Å²) in [5, 5.41) is 2.10. The molecule has 0 radical (unpaired) electrons. The normalized spacial score (nSPS) is 19.2. The molecule has 0 unspecified atom stereocenters. The summed E-state index contributed by atoms with van der Waals surface area (Å²) in [4.78, 5) is 12.4. The highest BCUT2D eigenvalue weighted by molar-refractivity contribution is 5.84. The van der Waals surface area contributed by atoms with E-state index in [1.165, 1.54) is 0 Å². The van der Waals surface area contributed by atoms with Gasteiger partial charge in [-0.05, 0) is 40.1 Å². The van der Waals surface area contributed by atoms with Crippen LogP contribution in [0.5, 0.6) is 5.75 Å². The predicted octanol–water partition coefficient (Wildman–Crippen LogP) is 3.92. The molecule has 0 bridgehead atoms. The molecule has 2 N–H and O–H groups in total. The van der Waals surface area contributed by atoms with Crippen LogP contribution in [0.3, 0.4) is 0 Å². The second-order valence-corrected chi connectivity index (χ2v) is 6.90. The van der Waals surface area contributed by atoms with Gasteiger partial charge in [0.1, 0.15) is 18.0 Å². The summed E-state index contributed by atoms with van der Waals surface area (Å²) >= 11 is 0. The number of rotatable bonds is 7. The first-order valence-electron chi connectivity index (χ1n) is 9.35. The monoisotopic (exact) mass is 377 g/mol. The summed E-state index contributed by atoms with van der Waals surface area (Å²) in [7, 11) is 1.64. The lowest BCUT2D eigenvalue weighted by molar-refractivity contribution is -0.149. The van der Waals surface area contributed by atoms with E-state index in [1.54, 1.807) is 7.11 Å². The standard InChI is InChI=1S/C23H23NO4/c1-26-19-10-9-16-11-18(8-7-17(16)12-19)21(14-24)27-22(25)13-20-23(28-20)15-5-3-2-4-6-15/h2-12,20-21,23H,13-14,24H2,1H3/t20-,21+,23+/m1/s1. The number of epoxide rings is 1. The van der Waals surface area contributed by atoms with Crippen LogP contribution in [0.25, 0.3) is 10.8 Å². The summed E-state index contributed by atoms with van der Waals surface area (Å²) in [6.07, 6.45) is -0.410. The number of ether oxygens (including phenoxy) is 3. The second kappa shape index (κ2) is 8.00. The molecule has 5 heteroatoms. The summed E-state index contributed by atoms with van der Waals surface area (Å²) in [5.41, 5.74) is 7.84. The SMILES string of the molecule is COc1ccc2cc([C@H](CN)OC(=O)C[C@H]3O[C@H]3c3ccccc3)ccc2c1. The van der Waals surface area contributed by atoms with Crippen LogP contribution in [0.2, 0.25) is 0 Å². The summed E-state index contributed by atoms with van der Waals surface area (Å²) in [5.74, 6) is 0.508. The van der Waals surface area contributed by atoms with Crippen molar-refractivity contribution in [2.45, 2.75) is 24.7 Å². The summed E-state index contributed by atoms with van der Waals surface area (Å²) in [6, 6.07) is 21.7. The second-order valence-electron chi connectivity index (χ2n) is 6.90. The number of benzene rings is 3. The molecule has 5 nitrogen and oxygen atoms in total. The fourth-order valence-corrected chi connectivity index (χ4v) is 3.43. The first-order valence-corrected chi connectivity index (χ1v) is 9.35. The Balaban J connectivity index is 1.40. The molecule has 1 fully saturated rings. The Bertz CT molecular complexity index is 973. The maximum absolute atomic E-state index is 12.4. The lowest BCUT2D eigenvalue weighted by atomic mass is 10.0. The first kappa shape index (κ1) is 18.5. The lowest BCUT2D eigenvalue weighted by Crippen LogP contribution is -2.20. The third-order valence-electron chi connectivity index (χ3n) is 5.01. The van der Waals surface area contributed by atoms with Gasteiger partial charge in [-0.15, -0.1) is 0 Å². The topological polar surface area (TPSA) is 74.1 Å². The van der Waals surface area contributed by atoms with E-state index in [0.717, 1.165) is 27.6 Å². The van der Waals surface area contributed by atoms with Gasteiger partial charge in [0.05, 0.1) is 19.6 Å². The molecule has 1 saturated heterocycles. The van der Waals surface area contributed by atoms with Crippen LogP contribution in [-0.4, -0.2) is 25.7 Å². The number of carbonyl (C=O) groups excluding carboxylic acids is 1. The Morgan fingerprint density at radius 1 is 1.07 bits per heavy atom. The highest BCUT2D eigenvalue weighted by Crippen LogP contribution is 2.41. The van der Waals surface area contributed by atoms with Crippen molar-refractivity contribution in [1.29, 1.82) is 0 Å². The van der Waals surface area contributed by atoms with Crippen molar-refractivity contribution >= 4 is 16.7 Å². The van der Waals surface area contributed by atoms with Crippen LogP contribution in [-0.2, 0) is 14.3 Å². The Kier molecular flexibility index (Phi) is 5.28. The molecule has 0 spiro atoms. The molecular weight excluding hydrogens is 354 g/mol. The van der Waals surface area contributed by atoms with Crippen LogP contribution in [0.15, 0.2) is 66.7 Å². The van der Waals surface area contributed by atoms with E-state index in [-0.39, 0.29) is 31.1 Å². The summed E-state index contributed by atoms with van der Waals surface area (Å²) in [6.45, 7) is 0.223. The average Bonchev–Trinajstić information content (AvgIpc) is 3.50. The van der Waals surface area contributed by atoms with Gasteiger partial charge in [-0.1, -0.05) is 48.5 Å². The largest absolute Gasteiger partial charge is 0.497 e. The van der Waals surface area contributed by atoms with Crippen LogP contribution >= 0.6 is 0 Å². The van der Waals surface area contributed by atoms with E-state index >= 15 is 0 Å². The van der Waals surface area contributed by atoms with E-state index in [1.807, 2.05) is 66.7 Å². The van der Waals surface area contributed by atoms with Crippen molar-refractivity contribution < 1.29 is 19.0 Å². The Morgan fingerprint density at radius 3 is 2.57 bits per heavy atom. The number of hydrogen-bond acceptors (Lipinski definition) is 5. The molecule has 3 aromatic carbocycles. The molecule has 0 amide bonds. The Hall–Kier alpha value is -2.89. The van der Waals surface area contributed by atoms with Gasteiger partial charge in [0.15, 0.2) is 0 Å². The number of nitrogens with two attached hydrogens (primary N) is 1. The molecular formula is C23H23NO4. The fourth-order valence-electron chi connectivity index (χ4n) is 3.43. The van der Waals surface area contributed by atoms with E-state index in [0.29, 0.717) is 0 Å². The van der Waals surface area contributed by atoms with Gasteiger partial charge in [0, 0.05) is 6.54 Å². The summed E-state index contributed by atoms with van der Waals surface area (Å²) < 4.78 is 16.5. The molecule has 0 aliphatic carbocycles. The van der Waals surface area contributed by atoms with E-state index < -0.39 is 6.10 Å². The van der Waals surface area contributed by atoms with Gasteiger partial charge >= 0.3 is 5.97 Å². The van der Waals surface area contributed by atoms with Crippen molar-refractivity contribution in [2.75, 3.05) is 13.7 Å².